The Bertz CT molecular complexity index is 565. The SMILES string of the molecule is Cn1nnc(Br)c1C(O)C1COc2ccccc21. The smallest absolute Gasteiger partial charge is 0.154 e. The highest BCUT2D eigenvalue weighted by atomic mass is 79.9. The van der Waals surface area contributed by atoms with Crippen molar-refractivity contribution in [2.75, 3.05) is 6.61 Å². The molecule has 2 atom stereocenters. The second-order valence-corrected chi connectivity index (χ2v) is 5.04. The Balaban J connectivity index is 1.98. The molecule has 2 aromatic rings. The van der Waals surface area contributed by atoms with Crippen LogP contribution in [0.25, 0.3) is 0 Å². The summed E-state index contributed by atoms with van der Waals surface area (Å²) in [6.45, 7) is 0.470. The Morgan fingerprint density at radius 1 is 1.50 bits per heavy atom. The predicted molar refractivity (Wildman–Crippen MR) is 68.3 cm³/mol. The summed E-state index contributed by atoms with van der Waals surface area (Å²) in [5.41, 5.74) is 1.69. The van der Waals surface area contributed by atoms with E-state index in [0.29, 0.717) is 16.9 Å². The monoisotopic (exact) mass is 309 g/mol. The molecule has 1 aliphatic rings. The fourth-order valence-electron chi connectivity index (χ4n) is 2.29. The molecule has 6 heteroatoms. The number of fused-ring (bicyclic) bond motifs is 1. The number of aryl methyl sites for hydroxylation is 1. The lowest BCUT2D eigenvalue weighted by Gasteiger charge is -2.17. The quantitative estimate of drug-likeness (QED) is 0.919. The molecule has 1 aliphatic heterocycles. The maximum absolute atomic E-state index is 10.5. The van der Waals surface area contributed by atoms with Crippen molar-refractivity contribution < 1.29 is 9.84 Å². The molecular formula is C12H12BrN3O2. The van der Waals surface area contributed by atoms with E-state index in [0.717, 1.165) is 11.3 Å². The van der Waals surface area contributed by atoms with Gasteiger partial charge in [0.1, 0.15) is 17.5 Å². The van der Waals surface area contributed by atoms with Crippen molar-refractivity contribution in [2.45, 2.75) is 12.0 Å². The molecular weight excluding hydrogens is 298 g/mol. The number of nitrogens with zero attached hydrogens (tertiary/aromatic N) is 3. The molecule has 3 rings (SSSR count). The number of aromatic nitrogens is 3. The first-order valence-electron chi connectivity index (χ1n) is 5.63. The molecule has 18 heavy (non-hydrogen) atoms. The summed E-state index contributed by atoms with van der Waals surface area (Å²) < 4.78 is 7.73. The number of para-hydroxylation sites is 1. The summed E-state index contributed by atoms with van der Waals surface area (Å²) in [7, 11) is 1.76. The lowest BCUT2D eigenvalue weighted by atomic mass is 9.94. The molecule has 5 nitrogen and oxygen atoms in total. The summed E-state index contributed by atoms with van der Waals surface area (Å²) >= 11 is 3.31. The molecule has 0 amide bonds. The fraction of sp³-hybridized carbons (Fsp3) is 0.333. The van der Waals surface area contributed by atoms with Crippen LogP contribution in [0.4, 0.5) is 0 Å². The van der Waals surface area contributed by atoms with Gasteiger partial charge in [-0.3, -0.25) is 0 Å². The highest BCUT2D eigenvalue weighted by Crippen LogP contribution is 2.41. The fourth-order valence-corrected chi connectivity index (χ4v) is 2.85. The normalized spacial score (nSPS) is 19.4. The number of halogens is 1. The van der Waals surface area contributed by atoms with Crippen molar-refractivity contribution >= 4 is 15.9 Å². The topological polar surface area (TPSA) is 60.2 Å². The number of rotatable bonds is 2. The zero-order chi connectivity index (χ0) is 12.7. The maximum Gasteiger partial charge on any atom is 0.154 e. The second kappa shape index (κ2) is 4.37. The van der Waals surface area contributed by atoms with Gasteiger partial charge in [-0.15, -0.1) is 5.10 Å². The molecule has 1 aromatic heterocycles. The minimum absolute atomic E-state index is 0.0882. The Kier molecular flexibility index (Phi) is 2.83. The Labute approximate surface area is 113 Å². The molecule has 2 heterocycles. The summed E-state index contributed by atoms with van der Waals surface area (Å²) in [6.07, 6.45) is -0.692. The van der Waals surface area contributed by atoms with Crippen molar-refractivity contribution in [2.24, 2.45) is 7.05 Å². The molecule has 0 saturated heterocycles. The van der Waals surface area contributed by atoms with E-state index in [-0.39, 0.29) is 5.92 Å². The van der Waals surface area contributed by atoms with Crippen LogP contribution in [-0.2, 0) is 7.05 Å². The van der Waals surface area contributed by atoms with Crippen molar-refractivity contribution in [1.82, 2.24) is 15.0 Å². The van der Waals surface area contributed by atoms with Crippen molar-refractivity contribution in [3.05, 3.63) is 40.1 Å². The second-order valence-electron chi connectivity index (χ2n) is 4.29. The van der Waals surface area contributed by atoms with E-state index in [2.05, 4.69) is 26.2 Å². The third-order valence-corrected chi connectivity index (χ3v) is 3.79. The van der Waals surface area contributed by atoms with E-state index >= 15 is 0 Å². The van der Waals surface area contributed by atoms with Gasteiger partial charge in [-0.2, -0.15) is 0 Å². The molecule has 0 bridgehead atoms. The van der Waals surface area contributed by atoms with Gasteiger partial charge >= 0.3 is 0 Å². The van der Waals surface area contributed by atoms with Crippen LogP contribution in [0.15, 0.2) is 28.9 Å². The lowest BCUT2D eigenvalue weighted by Crippen LogP contribution is -2.16. The minimum Gasteiger partial charge on any atom is -0.493 e. The van der Waals surface area contributed by atoms with Gasteiger partial charge in [0, 0.05) is 12.6 Å². The maximum atomic E-state index is 10.5. The Hall–Kier alpha value is -1.40. The van der Waals surface area contributed by atoms with Crippen LogP contribution in [-0.4, -0.2) is 26.7 Å². The van der Waals surface area contributed by atoms with E-state index < -0.39 is 6.10 Å². The van der Waals surface area contributed by atoms with Crippen LogP contribution in [0.3, 0.4) is 0 Å². The van der Waals surface area contributed by atoms with Gasteiger partial charge in [0.2, 0.25) is 0 Å². The first-order valence-corrected chi connectivity index (χ1v) is 6.42. The van der Waals surface area contributed by atoms with Crippen molar-refractivity contribution in [3.63, 3.8) is 0 Å². The van der Waals surface area contributed by atoms with E-state index in [9.17, 15) is 5.11 Å². The molecule has 0 saturated carbocycles. The number of aliphatic hydroxyl groups excluding tert-OH is 1. The zero-order valence-electron chi connectivity index (χ0n) is 9.75. The van der Waals surface area contributed by atoms with E-state index in [4.69, 9.17) is 4.74 Å². The summed E-state index contributed by atoms with van der Waals surface area (Å²) in [5, 5.41) is 18.3. The Morgan fingerprint density at radius 2 is 2.28 bits per heavy atom. The van der Waals surface area contributed by atoms with Crippen LogP contribution in [0.2, 0.25) is 0 Å². The summed E-state index contributed by atoms with van der Waals surface area (Å²) in [6, 6.07) is 7.77. The first kappa shape index (κ1) is 11.7. The molecule has 1 N–H and O–H groups in total. The number of ether oxygens (including phenoxy) is 1. The third kappa shape index (κ3) is 1.72. The van der Waals surface area contributed by atoms with E-state index in [1.165, 1.54) is 0 Å². The van der Waals surface area contributed by atoms with Gasteiger partial charge < -0.3 is 9.84 Å². The van der Waals surface area contributed by atoms with Crippen LogP contribution in [0.1, 0.15) is 23.3 Å². The predicted octanol–water partition coefficient (Wildman–Crippen LogP) is 1.79. The molecule has 94 valence electrons. The van der Waals surface area contributed by atoms with Gasteiger partial charge in [0.25, 0.3) is 0 Å². The molecule has 0 fully saturated rings. The number of benzene rings is 1. The largest absolute Gasteiger partial charge is 0.493 e. The lowest BCUT2D eigenvalue weighted by molar-refractivity contribution is 0.121. The average Bonchev–Trinajstić information content (AvgIpc) is 2.93. The van der Waals surface area contributed by atoms with Crippen LogP contribution < -0.4 is 4.74 Å². The number of aliphatic hydroxyl groups is 1. The molecule has 0 spiro atoms. The van der Waals surface area contributed by atoms with Crippen LogP contribution in [0.5, 0.6) is 5.75 Å². The molecule has 0 radical (unpaired) electrons. The van der Waals surface area contributed by atoms with E-state index in [1.54, 1.807) is 11.7 Å². The van der Waals surface area contributed by atoms with Gasteiger partial charge in [-0.25, -0.2) is 4.68 Å². The van der Waals surface area contributed by atoms with Crippen molar-refractivity contribution in [1.29, 1.82) is 0 Å². The van der Waals surface area contributed by atoms with Crippen LogP contribution in [0, 0.1) is 0 Å². The molecule has 0 aliphatic carbocycles. The van der Waals surface area contributed by atoms with Gasteiger partial charge in [0.05, 0.1) is 12.5 Å². The molecule has 2 unspecified atom stereocenters. The number of hydrogen-bond acceptors (Lipinski definition) is 4. The Morgan fingerprint density at radius 3 is 3.00 bits per heavy atom. The highest BCUT2D eigenvalue weighted by molar-refractivity contribution is 9.10. The summed E-state index contributed by atoms with van der Waals surface area (Å²) in [4.78, 5) is 0. The summed E-state index contributed by atoms with van der Waals surface area (Å²) in [5.74, 6) is 0.752. The average molecular weight is 310 g/mol. The van der Waals surface area contributed by atoms with Gasteiger partial charge in [0.15, 0.2) is 4.60 Å². The standard InChI is InChI=1S/C12H12BrN3O2/c1-16-10(12(13)14-15-16)11(17)8-6-18-9-5-3-2-4-7(8)9/h2-5,8,11,17H,6H2,1H3. The zero-order valence-corrected chi connectivity index (χ0v) is 11.3. The first-order chi connectivity index (χ1) is 8.68. The van der Waals surface area contributed by atoms with Crippen molar-refractivity contribution in [3.8, 4) is 5.75 Å². The van der Waals surface area contributed by atoms with Crippen LogP contribution >= 0.6 is 15.9 Å². The number of hydrogen-bond donors (Lipinski definition) is 1. The van der Waals surface area contributed by atoms with E-state index in [1.807, 2.05) is 24.3 Å². The van der Waals surface area contributed by atoms with Gasteiger partial charge in [-0.1, -0.05) is 23.4 Å². The molecule has 1 aromatic carbocycles. The third-order valence-electron chi connectivity index (χ3n) is 3.22. The van der Waals surface area contributed by atoms with Gasteiger partial charge in [-0.05, 0) is 22.0 Å². The highest BCUT2D eigenvalue weighted by Gasteiger charge is 2.34. The minimum atomic E-state index is -0.692.